The molecule has 2 N–H and O–H groups in total. The Hall–Kier alpha value is -1.15. The average Bonchev–Trinajstić information content (AvgIpc) is 2.50. The lowest BCUT2D eigenvalue weighted by Gasteiger charge is -2.17. The number of hydrogen-bond donors (Lipinski definition) is 2. The molecule has 1 rings (SSSR count). The first kappa shape index (κ1) is 21.9. The van der Waals surface area contributed by atoms with Gasteiger partial charge in [0, 0.05) is 32.2 Å². The van der Waals surface area contributed by atoms with Gasteiger partial charge < -0.3 is 10.2 Å². The molecule has 0 atom stereocenters. The van der Waals surface area contributed by atoms with Crippen molar-refractivity contribution in [3.05, 3.63) is 29.8 Å². The molecule has 132 valence electrons. The van der Waals surface area contributed by atoms with Gasteiger partial charge in [-0.05, 0) is 37.2 Å². The van der Waals surface area contributed by atoms with Crippen molar-refractivity contribution in [2.75, 3.05) is 33.7 Å². The summed E-state index contributed by atoms with van der Waals surface area (Å²) in [5.41, 5.74) is 0.474. The van der Waals surface area contributed by atoms with Crippen LogP contribution < -0.4 is 10.0 Å². The van der Waals surface area contributed by atoms with Gasteiger partial charge in [0.2, 0.25) is 10.0 Å². The number of likely N-dealkylation sites (N-methyl/N-ethyl adjacent to an activating group) is 2. The van der Waals surface area contributed by atoms with Crippen LogP contribution in [0.1, 0.15) is 24.2 Å². The van der Waals surface area contributed by atoms with Crippen molar-refractivity contribution in [2.45, 2.75) is 18.7 Å². The van der Waals surface area contributed by atoms with Crippen molar-refractivity contribution >= 4 is 28.3 Å². The lowest BCUT2D eigenvalue weighted by atomic mass is 10.2. The number of carbonyl (C=O) groups is 1. The molecule has 0 saturated heterocycles. The highest BCUT2D eigenvalue weighted by atomic mass is 35.5. The van der Waals surface area contributed by atoms with E-state index in [1.54, 1.807) is 24.1 Å². The normalized spacial score (nSPS) is 11.2. The van der Waals surface area contributed by atoms with Crippen molar-refractivity contribution in [1.82, 2.24) is 14.9 Å². The molecule has 8 heteroatoms. The lowest BCUT2D eigenvalue weighted by molar-refractivity contribution is 0.0796. The molecule has 0 saturated carbocycles. The number of amides is 1. The maximum Gasteiger partial charge on any atom is 0.253 e. The highest BCUT2D eigenvalue weighted by molar-refractivity contribution is 7.89. The van der Waals surface area contributed by atoms with Gasteiger partial charge in [-0.25, -0.2) is 13.1 Å². The zero-order chi connectivity index (χ0) is 16.8. The molecule has 23 heavy (non-hydrogen) atoms. The molecule has 0 fully saturated rings. The minimum atomic E-state index is -3.52. The minimum Gasteiger partial charge on any atom is -0.340 e. The van der Waals surface area contributed by atoms with Gasteiger partial charge in [-0.3, -0.25) is 4.79 Å². The van der Waals surface area contributed by atoms with E-state index in [2.05, 4.69) is 10.0 Å². The van der Waals surface area contributed by atoms with Crippen LogP contribution in [0.25, 0.3) is 0 Å². The molecule has 0 heterocycles. The van der Waals surface area contributed by atoms with E-state index in [1.165, 1.54) is 12.1 Å². The third-order valence-electron chi connectivity index (χ3n) is 3.14. The zero-order valence-electron chi connectivity index (χ0n) is 14.0. The summed E-state index contributed by atoms with van der Waals surface area (Å²) in [6, 6.07) is 6.01. The molecule has 0 bridgehead atoms. The Morgan fingerprint density at radius 3 is 2.26 bits per heavy atom. The molecule has 0 unspecified atom stereocenters. The van der Waals surface area contributed by atoms with Crippen molar-refractivity contribution in [3.8, 4) is 0 Å². The van der Waals surface area contributed by atoms with Crippen LogP contribution in [0, 0.1) is 5.92 Å². The molecular formula is C15H26ClN3O3S. The number of carbonyl (C=O) groups excluding carboxylic acids is 1. The van der Waals surface area contributed by atoms with Gasteiger partial charge in [0.05, 0.1) is 4.90 Å². The predicted molar refractivity (Wildman–Crippen MR) is 94.6 cm³/mol. The second-order valence-electron chi connectivity index (χ2n) is 5.60. The summed E-state index contributed by atoms with van der Waals surface area (Å²) in [4.78, 5) is 13.9. The van der Waals surface area contributed by atoms with Crippen molar-refractivity contribution in [2.24, 2.45) is 5.92 Å². The molecule has 0 aromatic heterocycles. The SMILES string of the molecule is CNCCN(C)C(=O)c1ccc(S(=O)(=O)NCC(C)C)cc1.Cl. The van der Waals surface area contributed by atoms with Crippen LogP contribution in [0.4, 0.5) is 0 Å². The fraction of sp³-hybridized carbons (Fsp3) is 0.533. The zero-order valence-corrected chi connectivity index (χ0v) is 15.6. The average molecular weight is 364 g/mol. The fourth-order valence-electron chi connectivity index (χ4n) is 1.74. The van der Waals surface area contributed by atoms with E-state index in [-0.39, 0.29) is 29.1 Å². The van der Waals surface area contributed by atoms with E-state index in [4.69, 9.17) is 0 Å². The van der Waals surface area contributed by atoms with Gasteiger partial charge in [-0.15, -0.1) is 12.4 Å². The first-order valence-corrected chi connectivity index (χ1v) is 8.76. The van der Waals surface area contributed by atoms with Gasteiger partial charge in [-0.2, -0.15) is 0 Å². The van der Waals surface area contributed by atoms with Gasteiger partial charge in [0.15, 0.2) is 0 Å². The third-order valence-corrected chi connectivity index (χ3v) is 4.58. The molecular weight excluding hydrogens is 338 g/mol. The molecule has 0 aliphatic heterocycles. The highest BCUT2D eigenvalue weighted by Crippen LogP contribution is 2.12. The first-order chi connectivity index (χ1) is 10.3. The van der Waals surface area contributed by atoms with Gasteiger partial charge in [0.1, 0.15) is 0 Å². The number of benzene rings is 1. The van der Waals surface area contributed by atoms with Crippen molar-refractivity contribution in [3.63, 3.8) is 0 Å². The Morgan fingerprint density at radius 1 is 1.22 bits per heavy atom. The maximum atomic E-state index is 12.2. The molecule has 1 aromatic rings. The fourth-order valence-corrected chi connectivity index (χ4v) is 2.95. The lowest BCUT2D eigenvalue weighted by Crippen LogP contribution is -2.32. The Kier molecular flexibility index (Phi) is 9.38. The van der Waals surface area contributed by atoms with Crippen molar-refractivity contribution < 1.29 is 13.2 Å². The van der Waals surface area contributed by atoms with Gasteiger partial charge in [-0.1, -0.05) is 13.8 Å². The van der Waals surface area contributed by atoms with E-state index in [0.717, 1.165) is 0 Å². The van der Waals surface area contributed by atoms with Crippen LogP contribution in [-0.4, -0.2) is 53.0 Å². The molecule has 1 aromatic carbocycles. The second kappa shape index (κ2) is 9.87. The quantitative estimate of drug-likeness (QED) is 0.730. The molecule has 0 aliphatic rings. The highest BCUT2D eigenvalue weighted by Gasteiger charge is 2.16. The maximum absolute atomic E-state index is 12.2. The summed E-state index contributed by atoms with van der Waals surface area (Å²) in [5.74, 6) is 0.103. The van der Waals surface area contributed by atoms with E-state index < -0.39 is 10.0 Å². The number of hydrogen-bond acceptors (Lipinski definition) is 4. The summed E-state index contributed by atoms with van der Waals surface area (Å²) in [7, 11) is 0.0212. The first-order valence-electron chi connectivity index (χ1n) is 7.27. The van der Waals surface area contributed by atoms with E-state index in [9.17, 15) is 13.2 Å². The van der Waals surface area contributed by atoms with Crippen molar-refractivity contribution in [1.29, 1.82) is 0 Å². The number of halogens is 1. The number of nitrogens with zero attached hydrogens (tertiary/aromatic N) is 1. The summed E-state index contributed by atoms with van der Waals surface area (Å²) >= 11 is 0. The van der Waals surface area contributed by atoms with Gasteiger partial charge >= 0.3 is 0 Å². The number of rotatable bonds is 8. The van der Waals surface area contributed by atoms with Crippen LogP contribution in [-0.2, 0) is 10.0 Å². The van der Waals surface area contributed by atoms with E-state index >= 15 is 0 Å². The second-order valence-corrected chi connectivity index (χ2v) is 7.37. The summed E-state index contributed by atoms with van der Waals surface area (Å²) in [6.45, 7) is 5.55. The number of nitrogens with one attached hydrogen (secondary N) is 2. The standard InChI is InChI=1S/C15H25N3O3S.ClH/c1-12(2)11-17-22(20,21)14-7-5-13(6-8-14)15(19)18(4)10-9-16-3;/h5-8,12,16-17H,9-11H2,1-4H3;1H. The molecule has 6 nitrogen and oxygen atoms in total. The molecule has 0 aliphatic carbocycles. The summed E-state index contributed by atoms with van der Waals surface area (Å²) < 4.78 is 26.7. The Labute approximate surface area is 145 Å². The van der Waals surface area contributed by atoms with E-state index in [1.807, 2.05) is 20.9 Å². The molecule has 1 amide bonds. The predicted octanol–water partition coefficient (Wildman–Crippen LogP) is 1.33. The van der Waals surface area contributed by atoms with E-state index in [0.29, 0.717) is 25.2 Å². The topological polar surface area (TPSA) is 78.5 Å². The van der Waals surface area contributed by atoms with Gasteiger partial charge in [0.25, 0.3) is 5.91 Å². The Morgan fingerprint density at radius 2 is 1.78 bits per heavy atom. The van der Waals surface area contributed by atoms with Crippen LogP contribution in [0.5, 0.6) is 0 Å². The smallest absolute Gasteiger partial charge is 0.253 e. The molecule has 0 radical (unpaired) electrons. The molecule has 0 spiro atoms. The minimum absolute atomic E-state index is 0. The Bertz CT molecular complexity index is 588. The van der Waals surface area contributed by atoms with Crippen LogP contribution >= 0.6 is 12.4 Å². The van der Waals surface area contributed by atoms with Crippen LogP contribution in [0.2, 0.25) is 0 Å². The number of sulfonamides is 1. The Balaban J connectivity index is 0.00000484. The monoisotopic (exact) mass is 363 g/mol. The third kappa shape index (κ3) is 6.87. The van der Waals surface area contributed by atoms with Crippen LogP contribution in [0.15, 0.2) is 29.2 Å². The summed E-state index contributed by atoms with van der Waals surface area (Å²) in [6.07, 6.45) is 0. The van der Waals surface area contributed by atoms with Crippen LogP contribution in [0.3, 0.4) is 0 Å². The summed E-state index contributed by atoms with van der Waals surface area (Å²) in [5, 5.41) is 2.98. The largest absolute Gasteiger partial charge is 0.340 e.